The number of benzene rings is 3. The van der Waals surface area contributed by atoms with E-state index in [9.17, 15) is 4.39 Å². The van der Waals surface area contributed by atoms with Gasteiger partial charge in [0.05, 0.1) is 10.4 Å². The minimum atomic E-state index is -0.877. The van der Waals surface area contributed by atoms with Gasteiger partial charge in [0, 0.05) is 39.4 Å². The predicted octanol–water partition coefficient (Wildman–Crippen LogP) is 10.7. The number of furan rings is 1. The normalized spacial score (nSPS) is 13.0. The van der Waals surface area contributed by atoms with Gasteiger partial charge in [0.2, 0.25) is 0 Å². The summed E-state index contributed by atoms with van der Waals surface area (Å²) in [7, 11) is 0. The van der Waals surface area contributed by atoms with Crippen LogP contribution >= 0.6 is 11.3 Å². The standard InChI is InChI=1S/C37H28FN3O2S/c1-21-10-22(2)14-29(13-21)41(36-24(4)11-23(3)12-25(36)5)28-6-9-32-33(17-28)43-34-18-31(44-37(32)34)8-7-30-15-26(16-35(38)42-30)27(19-39)20-40/h6-18H,1-5H3/b8-7+. The topological polar surface area (TPSA) is 73.2 Å². The lowest BCUT2D eigenvalue weighted by Gasteiger charge is -2.29. The second kappa shape index (κ2) is 11.4. The van der Waals surface area contributed by atoms with Gasteiger partial charge in [-0.3, -0.25) is 0 Å². The summed E-state index contributed by atoms with van der Waals surface area (Å²) in [5.74, 6) is 0.190. The van der Waals surface area contributed by atoms with Crippen molar-refractivity contribution in [1.82, 2.24) is 0 Å². The SMILES string of the molecule is Cc1cc(C)cc(N(c2ccc3c(c2)oc2cc(/C=C/C4=CC(=C(C#N)C#N)C=C(F)O4)sc23)c2c(C)cc(C)cc2C)c1. The fraction of sp³-hybridized carbons (Fsp3) is 0.135. The van der Waals surface area contributed by atoms with Crippen LogP contribution in [0.5, 0.6) is 0 Å². The summed E-state index contributed by atoms with van der Waals surface area (Å²) >= 11 is 1.55. The number of thiophene rings is 1. The number of fused-ring (bicyclic) bond motifs is 3. The van der Waals surface area contributed by atoms with Gasteiger partial charge < -0.3 is 14.1 Å². The lowest BCUT2D eigenvalue weighted by molar-refractivity contribution is 0.222. The Hall–Kier alpha value is -5.37. The molecule has 3 heterocycles. The molecule has 3 aromatic carbocycles. The third-order valence-electron chi connectivity index (χ3n) is 7.43. The molecule has 7 heteroatoms. The first-order valence-corrected chi connectivity index (χ1v) is 14.9. The first-order valence-electron chi connectivity index (χ1n) is 14.0. The number of nitrogens with zero attached hydrogens (tertiary/aromatic N) is 3. The summed E-state index contributed by atoms with van der Waals surface area (Å²) < 4.78 is 26.6. The highest BCUT2D eigenvalue weighted by molar-refractivity contribution is 7.20. The van der Waals surface area contributed by atoms with Crippen molar-refractivity contribution >= 4 is 55.7 Å². The highest BCUT2D eigenvalue weighted by Crippen LogP contribution is 2.43. The number of ether oxygens (including phenoxy) is 1. The Kier molecular flexibility index (Phi) is 7.43. The van der Waals surface area contributed by atoms with Crippen molar-refractivity contribution in [3.63, 3.8) is 0 Å². The first-order chi connectivity index (χ1) is 21.1. The molecule has 1 aliphatic rings. The minimum Gasteiger partial charge on any atom is -0.455 e. The molecule has 5 nitrogen and oxygen atoms in total. The van der Waals surface area contributed by atoms with Crippen LogP contribution in [0.4, 0.5) is 21.5 Å². The van der Waals surface area contributed by atoms with Crippen LogP contribution in [0.25, 0.3) is 27.3 Å². The van der Waals surface area contributed by atoms with Gasteiger partial charge in [-0.05, 0) is 105 Å². The Labute approximate surface area is 259 Å². The summed E-state index contributed by atoms with van der Waals surface area (Å²) in [5.41, 5.74) is 10.8. The first kappa shape index (κ1) is 28.7. The quantitative estimate of drug-likeness (QED) is 0.188. The van der Waals surface area contributed by atoms with Gasteiger partial charge in [0.1, 0.15) is 34.6 Å². The molecule has 5 aromatic rings. The molecule has 0 N–H and O–H groups in total. The number of nitriles is 2. The zero-order valence-electron chi connectivity index (χ0n) is 24.9. The molecule has 0 radical (unpaired) electrons. The van der Waals surface area contributed by atoms with Gasteiger partial charge in [-0.1, -0.05) is 23.8 Å². The van der Waals surface area contributed by atoms with Gasteiger partial charge in [0.25, 0.3) is 6.01 Å². The summed E-state index contributed by atoms with van der Waals surface area (Å²) in [6, 6.07) is 22.0. The van der Waals surface area contributed by atoms with Gasteiger partial charge in [-0.2, -0.15) is 14.9 Å². The van der Waals surface area contributed by atoms with Gasteiger partial charge in [-0.15, -0.1) is 11.3 Å². The van der Waals surface area contributed by atoms with E-state index in [-0.39, 0.29) is 16.9 Å². The maximum Gasteiger partial charge on any atom is 0.278 e. The summed E-state index contributed by atoms with van der Waals surface area (Å²) in [6.07, 6.45) is 5.90. The molecular weight excluding hydrogens is 569 g/mol. The number of anilines is 3. The molecule has 0 spiro atoms. The summed E-state index contributed by atoms with van der Waals surface area (Å²) in [6.45, 7) is 10.7. The largest absolute Gasteiger partial charge is 0.455 e. The van der Waals surface area contributed by atoms with E-state index in [1.807, 2.05) is 6.07 Å². The van der Waals surface area contributed by atoms with Crippen molar-refractivity contribution in [3.8, 4) is 12.1 Å². The lowest BCUT2D eigenvalue weighted by atomic mass is 10.0. The molecule has 0 saturated heterocycles. The number of rotatable bonds is 5. The van der Waals surface area contributed by atoms with Crippen LogP contribution in [0.3, 0.4) is 0 Å². The molecule has 0 amide bonds. The smallest absolute Gasteiger partial charge is 0.278 e. The van der Waals surface area contributed by atoms with Crippen molar-refractivity contribution in [3.05, 3.63) is 128 Å². The van der Waals surface area contributed by atoms with E-state index in [0.29, 0.717) is 0 Å². The van der Waals surface area contributed by atoms with Crippen molar-refractivity contribution in [2.45, 2.75) is 34.6 Å². The van der Waals surface area contributed by atoms with E-state index in [1.165, 1.54) is 33.9 Å². The van der Waals surface area contributed by atoms with Crippen LogP contribution in [-0.4, -0.2) is 0 Å². The van der Waals surface area contributed by atoms with Gasteiger partial charge in [-0.25, -0.2) is 0 Å². The predicted molar refractivity (Wildman–Crippen MR) is 176 cm³/mol. The monoisotopic (exact) mass is 597 g/mol. The van der Waals surface area contributed by atoms with Crippen molar-refractivity contribution in [1.29, 1.82) is 10.5 Å². The molecule has 0 bridgehead atoms. The Bertz CT molecular complexity index is 2140. The number of hydrogen-bond acceptors (Lipinski definition) is 6. The Morgan fingerprint density at radius 3 is 2.16 bits per heavy atom. The third-order valence-corrected chi connectivity index (χ3v) is 8.55. The van der Waals surface area contributed by atoms with Gasteiger partial charge in [0.15, 0.2) is 0 Å². The summed E-state index contributed by atoms with van der Waals surface area (Å²) in [4.78, 5) is 3.20. The molecule has 0 fully saturated rings. The van der Waals surface area contributed by atoms with Crippen LogP contribution in [0.2, 0.25) is 0 Å². The zero-order valence-corrected chi connectivity index (χ0v) is 25.8. The Morgan fingerprint density at radius 1 is 0.795 bits per heavy atom. The van der Waals surface area contributed by atoms with Crippen molar-refractivity contribution in [2.75, 3.05) is 4.90 Å². The fourth-order valence-electron chi connectivity index (χ4n) is 5.82. The van der Waals surface area contributed by atoms with Crippen molar-refractivity contribution < 1.29 is 13.5 Å². The molecule has 2 aromatic heterocycles. The molecule has 6 rings (SSSR count). The van der Waals surface area contributed by atoms with E-state index >= 15 is 0 Å². The van der Waals surface area contributed by atoms with Crippen LogP contribution in [0.1, 0.15) is 32.7 Å². The Morgan fingerprint density at radius 2 is 1.48 bits per heavy atom. The number of hydrogen-bond donors (Lipinski definition) is 0. The van der Waals surface area contributed by atoms with Crippen molar-refractivity contribution in [2.24, 2.45) is 0 Å². The Balaban J connectivity index is 1.39. The van der Waals surface area contributed by atoms with E-state index < -0.39 is 6.01 Å². The van der Waals surface area contributed by atoms with Crippen LogP contribution in [0.15, 0.2) is 100 Å². The number of allylic oxidation sites excluding steroid dienone is 5. The molecule has 1 aliphatic heterocycles. The zero-order chi connectivity index (χ0) is 31.1. The fourth-order valence-corrected chi connectivity index (χ4v) is 6.84. The lowest BCUT2D eigenvalue weighted by Crippen LogP contribution is -2.13. The van der Waals surface area contributed by atoms with E-state index in [1.54, 1.807) is 35.6 Å². The molecule has 0 saturated carbocycles. The van der Waals surface area contributed by atoms with Crippen LogP contribution in [-0.2, 0) is 4.74 Å². The second-order valence-electron chi connectivity index (χ2n) is 11.0. The minimum absolute atomic E-state index is 0.172. The highest BCUT2D eigenvalue weighted by Gasteiger charge is 2.20. The van der Waals surface area contributed by atoms with E-state index in [2.05, 4.69) is 88.0 Å². The second-order valence-corrected chi connectivity index (χ2v) is 12.1. The maximum atomic E-state index is 14.0. The molecule has 0 atom stereocenters. The van der Waals surface area contributed by atoms with Crippen LogP contribution in [0, 0.1) is 57.3 Å². The number of aryl methyl sites for hydroxylation is 5. The average Bonchev–Trinajstić information content (AvgIpc) is 3.50. The summed E-state index contributed by atoms with van der Waals surface area (Å²) in [5, 5.41) is 19.3. The average molecular weight is 598 g/mol. The van der Waals surface area contributed by atoms with Crippen LogP contribution < -0.4 is 4.90 Å². The molecule has 216 valence electrons. The highest BCUT2D eigenvalue weighted by atomic mass is 32.1. The van der Waals surface area contributed by atoms with Gasteiger partial charge >= 0.3 is 0 Å². The third kappa shape index (κ3) is 5.42. The van der Waals surface area contributed by atoms with E-state index in [4.69, 9.17) is 19.7 Å². The van der Waals surface area contributed by atoms with E-state index in [0.717, 1.165) is 49.3 Å². The molecular formula is C37H28FN3O2S. The maximum absolute atomic E-state index is 14.0. The molecule has 0 aliphatic carbocycles. The molecule has 0 unspecified atom stereocenters. The number of halogens is 1. The molecule has 44 heavy (non-hydrogen) atoms.